The molecule has 0 saturated carbocycles. The van der Waals surface area contributed by atoms with Gasteiger partial charge in [-0.05, 0) is 43.6 Å². The summed E-state index contributed by atoms with van der Waals surface area (Å²) in [6.45, 7) is 4.83. The van der Waals surface area contributed by atoms with Gasteiger partial charge in [-0.25, -0.2) is 0 Å². The number of aromatic nitrogens is 2. The highest BCUT2D eigenvalue weighted by molar-refractivity contribution is 7.71. The van der Waals surface area contributed by atoms with Gasteiger partial charge in [0.1, 0.15) is 5.82 Å². The van der Waals surface area contributed by atoms with Crippen molar-refractivity contribution in [3.8, 4) is 0 Å². The Morgan fingerprint density at radius 1 is 1.32 bits per heavy atom. The van der Waals surface area contributed by atoms with E-state index < -0.39 is 0 Å². The van der Waals surface area contributed by atoms with Crippen LogP contribution < -0.4 is 11.3 Å². The number of H-pyrrole nitrogens is 1. The van der Waals surface area contributed by atoms with Gasteiger partial charge in [-0.2, -0.15) is 0 Å². The van der Waals surface area contributed by atoms with E-state index in [1.54, 1.807) is 4.57 Å². The minimum absolute atomic E-state index is 0.259. The molecule has 2 rings (SSSR count). The van der Waals surface area contributed by atoms with Gasteiger partial charge in [0.15, 0.2) is 4.77 Å². The Balaban J connectivity index is 2.24. The molecule has 3 N–H and O–H groups in total. The molecule has 19 heavy (non-hydrogen) atoms. The highest BCUT2D eigenvalue weighted by Gasteiger charge is 2.03. The Morgan fingerprint density at radius 2 is 2.05 bits per heavy atom. The zero-order valence-electron chi connectivity index (χ0n) is 11.1. The van der Waals surface area contributed by atoms with E-state index >= 15 is 0 Å². The van der Waals surface area contributed by atoms with Crippen LogP contribution in [0.5, 0.6) is 0 Å². The van der Waals surface area contributed by atoms with Gasteiger partial charge >= 0.3 is 0 Å². The SMILES string of the molecule is Cc1ccc(CCn2c(N)cc(=O)[nH]c2=S)c(C)c1. The summed E-state index contributed by atoms with van der Waals surface area (Å²) in [6.07, 6.45) is 0.830. The van der Waals surface area contributed by atoms with Crippen molar-refractivity contribution in [3.63, 3.8) is 0 Å². The van der Waals surface area contributed by atoms with Crippen LogP contribution in [0.2, 0.25) is 0 Å². The largest absolute Gasteiger partial charge is 0.385 e. The van der Waals surface area contributed by atoms with Crippen LogP contribution in [0.1, 0.15) is 16.7 Å². The first kappa shape index (κ1) is 13.5. The van der Waals surface area contributed by atoms with Gasteiger partial charge in [-0.1, -0.05) is 23.8 Å². The molecule has 2 aromatic rings. The summed E-state index contributed by atoms with van der Waals surface area (Å²) in [7, 11) is 0. The number of aryl methyl sites for hydroxylation is 3. The Bertz CT molecular complexity index is 715. The van der Waals surface area contributed by atoms with E-state index in [0.717, 1.165) is 6.42 Å². The number of nitrogen functional groups attached to an aromatic ring is 1. The fraction of sp³-hybridized carbons (Fsp3) is 0.286. The topological polar surface area (TPSA) is 63.8 Å². The quantitative estimate of drug-likeness (QED) is 0.845. The molecule has 1 heterocycles. The van der Waals surface area contributed by atoms with Crippen molar-refractivity contribution >= 4 is 18.0 Å². The number of nitrogens with one attached hydrogen (secondary N) is 1. The molecule has 0 radical (unpaired) electrons. The number of hydrogen-bond donors (Lipinski definition) is 2. The van der Waals surface area contributed by atoms with E-state index in [9.17, 15) is 4.79 Å². The third-order valence-corrected chi connectivity index (χ3v) is 3.49. The Kier molecular flexibility index (Phi) is 3.85. The summed E-state index contributed by atoms with van der Waals surface area (Å²) >= 11 is 5.12. The van der Waals surface area contributed by atoms with Crippen LogP contribution in [0, 0.1) is 18.6 Å². The normalized spacial score (nSPS) is 10.6. The Hall–Kier alpha value is -1.88. The molecule has 0 aliphatic heterocycles. The van der Waals surface area contributed by atoms with E-state index in [-0.39, 0.29) is 5.56 Å². The lowest BCUT2D eigenvalue weighted by Gasteiger charge is -2.11. The molecule has 1 aromatic heterocycles. The van der Waals surface area contributed by atoms with Crippen molar-refractivity contribution in [2.75, 3.05) is 5.73 Å². The van der Waals surface area contributed by atoms with Gasteiger partial charge in [0.2, 0.25) is 0 Å². The number of rotatable bonds is 3. The van der Waals surface area contributed by atoms with Crippen LogP contribution in [0.3, 0.4) is 0 Å². The standard InChI is InChI=1S/C14H17N3OS/c1-9-3-4-11(10(2)7-9)5-6-17-12(15)8-13(18)16-14(17)19/h3-4,7-8H,5-6,15H2,1-2H3,(H,16,18,19). The van der Waals surface area contributed by atoms with E-state index in [1.807, 2.05) is 0 Å². The van der Waals surface area contributed by atoms with Crippen molar-refractivity contribution < 1.29 is 0 Å². The summed E-state index contributed by atoms with van der Waals surface area (Å²) in [6, 6.07) is 7.73. The lowest BCUT2D eigenvalue weighted by atomic mass is 10.0. The third kappa shape index (κ3) is 3.12. The first-order chi connectivity index (χ1) is 8.97. The van der Waals surface area contributed by atoms with E-state index in [0.29, 0.717) is 17.1 Å². The number of nitrogens with zero attached hydrogens (tertiary/aromatic N) is 1. The highest BCUT2D eigenvalue weighted by Crippen LogP contribution is 2.12. The average Bonchev–Trinajstić information content (AvgIpc) is 2.30. The monoisotopic (exact) mass is 275 g/mol. The molecule has 0 fully saturated rings. The van der Waals surface area contributed by atoms with Crippen molar-refractivity contribution in [2.45, 2.75) is 26.8 Å². The molecule has 0 unspecified atom stereocenters. The highest BCUT2D eigenvalue weighted by atomic mass is 32.1. The lowest BCUT2D eigenvalue weighted by molar-refractivity contribution is 0.671. The van der Waals surface area contributed by atoms with Crippen molar-refractivity contribution in [1.82, 2.24) is 9.55 Å². The summed E-state index contributed by atoms with van der Waals surface area (Å²) in [5.74, 6) is 0.401. The maximum absolute atomic E-state index is 11.2. The minimum Gasteiger partial charge on any atom is -0.385 e. The first-order valence-corrected chi connectivity index (χ1v) is 6.54. The number of aromatic amines is 1. The molecule has 0 bridgehead atoms. The van der Waals surface area contributed by atoms with E-state index in [1.165, 1.54) is 22.8 Å². The predicted molar refractivity (Wildman–Crippen MR) is 79.9 cm³/mol. The number of benzene rings is 1. The Labute approximate surface area is 116 Å². The van der Waals surface area contributed by atoms with Gasteiger partial charge in [0, 0.05) is 12.6 Å². The number of anilines is 1. The molecular weight excluding hydrogens is 258 g/mol. The van der Waals surface area contributed by atoms with Crippen LogP contribution in [0.15, 0.2) is 29.1 Å². The second kappa shape index (κ2) is 5.40. The summed E-state index contributed by atoms with van der Waals surface area (Å²) in [4.78, 5) is 13.8. The average molecular weight is 275 g/mol. The predicted octanol–water partition coefficient (Wildman–Crippen LogP) is 2.35. The summed E-state index contributed by atoms with van der Waals surface area (Å²) in [5.41, 5.74) is 9.34. The zero-order valence-corrected chi connectivity index (χ0v) is 11.9. The summed E-state index contributed by atoms with van der Waals surface area (Å²) in [5, 5.41) is 0. The van der Waals surface area contributed by atoms with Crippen molar-refractivity contribution in [3.05, 3.63) is 56.1 Å². The lowest BCUT2D eigenvalue weighted by Crippen LogP contribution is -2.17. The van der Waals surface area contributed by atoms with Gasteiger partial charge < -0.3 is 10.3 Å². The molecule has 0 aliphatic rings. The molecule has 4 nitrogen and oxygen atoms in total. The molecular formula is C14H17N3OS. The molecule has 0 atom stereocenters. The van der Waals surface area contributed by atoms with Crippen molar-refractivity contribution in [2.24, 2.45) is 0 Å². The van der Waals surface area contributed by atoms with E-state index in [2.05, 4.69) is 37.0 Å². The van der Waals surface area contributed by atoms with Gasteiger partial charge in [0.25, 0.3) is 5.56 Å². The molecule has 5 heteroatoms. The second-order valence-electron chi connectivity index (χ2n) is 4.70. The van der Waals surface area contributed by atoms with Crippen LogP contribution in [0.25, 0.3) is 0 Å². The van der Waals surface area contributed by atoms with Gasteiger partial charge in [-0.15, -0.1) is 0 Å². The van der Waals surface area contributed by atoms with Crippen LogP contribution in [-0.4, -0.2) is 9.55 Å². The molecule has 0 aliphatic carbocycles. The van der Waals surface area contributed by atoms with Gasteiger partial charge in [0.05, 0.1) is 0 Å². The second-order valence-corrected chi connectivity index (χ2v) is 5.08. The molecule has 1 aromatic carbocycles. The number of hydrogen-bond acceptors (Lipinski definition) is 3. The fourth-order valence-electron chi connectivity index (χ4n) is 2.13. The molecule has 100 valence electrons. The fourth-order valence-corrected chi connectivity index (χ4v) is 2.42. The maximum atomic E-state index is 11.2. The number of nitrogens with two attached hydrogens (primary N) is 1. The smallest absolute Gasteiger partial charge is 0.253 e. The molecule has 0 amide bonds. The Morgan fingerprint density at radius 3 is 2.68 bits per heavy atom. The molecule has 0 spiro atoms. The van der Waals surface area contributed by atoms with Crippen LogP contribution in [-0.2, 0) is 13.0 Å². The van der Waals surface area contributed by atoms with Gasteiger partial charge in [-0.3, -0.25) is 9.78 Å². The third-order valence-electron chi connectivity index (χ3n) is 3.17. The first-order valence-electron chi connectivity index (χ1n) is 6.13. The summed E-state index contributed by atoms with van der Waals surface area (Å²) < 4.78 is 2.12. The van der Waals surface area contributed by atoms with E-state index in [4.69, 9.17) is 18.0 Å². The van der Waals surface area contributed by atoms with Crippen LogP contribution in [0.4, 0.5) is 5.82 Å². The van der Waals surface area contributed by atoms with Crippen LogP contribution >= 0.6 is 12.2 Å². The minimum atomic E-state index is -0.259. The maximum Gasteiger partial charge on any atom is 0.253 e. The molecule has 0 saturated heterocycles. The van der Waals surface area contributed by atoms with Crippen molar-refractivity contribution in [1.29, 1.82) is 0 Å². The zero-order chi connectivity index (χ0) is 14.0.